The Morgan fingerprint density at radius 1 is 0.431 bits per heavy atom. The molecule has 0 rings (SSSR count). The zero-order valence-electron chi connectivity index (χ0n) is 46.8. The molecule has 0 aromatic carbocycles. The van der Waals surface area contributed by atoms with Gasteiger partial charge in [0.05, 0.1) is 40.3 Å². The maximum absolute atomic E-state index is 12.8. The standard InChI is InChI=1S/C63H107NO8/c1-6-8-10-12-14-16-18-20-22-23-24-25-26-27-28-29-30-31-32-33-34-35-36-37-38-39-40-42-44-46-48-50-52-54-61(66)72-59(58-71-63(62(67)68)69-56-55-64(3,4)5)57-70-60(65)53-51-49-47-45-43-41-21-19-17-15-13-11-9-7-2/h8,10,14,16,20,22,24-25,27-28,30-31,33-34,36-37,59,63H,6-7,9,11-13,15,17-19,21,23,26,29,32,35,38-58H2,1-5H3/b10-8-,16-14-,22-20-,25-24-,28-27-,31-30-,34-33-,37-36-. The lowest BCUT2D eigenvalue weighted by molar-refractivity contribution is -0.870. The third-order valence-electron chi connectivity index (χ3n) is 12.1. The molecule has 0 heterocycles. The molecular formula is C63H107NO8. The van der Waals surface area contributed by atoms with Crippen LogP contribution in [0.2, 0.25) is 0 Å². The van der Waals surface area contributed by atoms with E-state index in [0.29, 0.717) is 17.4 Å². The fourth-order valence-electron chi connectivity index (χ4n) is 7.67. The van der Waals surface area contributed by atoms with E-state index in [1.807, 2.05) is 21.1 Å². The molecule has 0 aliphatic carbocycles. The SMILES string of the molecule is CC/C=C\C/C=C\C/C=C\C/C=C\C/C=C\C/C=C\C/C=C\C/C=C\CCCCCCCCCCC(=O)OC(COC(=O)CCCCCCCCCCCCCCCC)COC(OCC[N+](C)(C)C)C(=O)[O-]. The number of ether oxygens (including phenoxy) is 4. The Morgan fingerprint density at radius 3 is 1.18 bits per heavy atom. The minimum atomic E-state index is -1.63. The van der Waals surface area contributed by atoms with Crippen molar-refractivity contribution in [2.45, 2.75) is 238 Å². The third kappa shape index (κ3) is 54.0. The van der Waals surface area contributed by atoms with Crippen molar-refractivity contribution in [2.24, 2.45) is 0 Å². The average molecular weight is 1010 g/mol. The Balaban J connectivity index is 4.23. The Bertz CT molecular complexity index is 1500. The van der Waals surface area contributed by atoms with Crippen LogP contribution in [0.5, 0.6) is 0 Å². The fourth-order valence-corrected chi connectivity index (χ4v) is 7.67. The highest BCUT2D eigenvalue weighted by molar-refractivity contribution is 5.70. The molecule has 0 radical (unpaired) electrons. The van der Waals surface area contributed by atoms with Crippen molar-refractivity contribution in [1.82, 2.24) is 0 Å². The molecule has 412 valence electrons. The van der Waals surface area contributed by atoms with Gasteiger partial charge in [0.25, 0.3) is 0 Å². The van der Waals surface area contributed by atoms with E-state index < -0.39 is 24.3 Å². The number of carbonyl (C=O) groups is 3. The molecule has 0 N–H and O–H groups in total. The van der Waals surface area contributed by atoms with E-state index in [0.717, 1.165) is 96.3 Å². The Hall–Kier alpha value is -3.79. The largest absolute Gasteiger partial charge is 0.545 e. The second-order valence-corrected chi connectivity index (χ2v) is 20.2. The summed E-state index contributed by atoms with van der Waals surface area (Å²) in [7, 11) is 5.91. The molecule has 0 aromatic rings. The van der Waals surface area contributed by atoms with Crippen LogP contribution in [0.15, 0.2) is 97.2 Å². The van der Waals surface area contributed by atoms with Crippen LogP contribution in [-0.2, 0) is 33.3 Å². The molecular weight excluding hydrogens is 899 g/mol. The molecule has 0 aliphatic heterocycles. The van der Waals surface area contributed by atoms with Crippen LogP contribution in [0.4, 0.5) is 0 Å². The summed E-state index contributed by atoms with van der Waals surface area (Å²) in [5.74, 6) is -2.30. The van der Waals surface area contributed by atoms with Crippen LogP contribution in [0.1, 0.15) is 226 Å². The molecule has 9 heteroatoms. The van der Waals surface area contributed by atoms with E-state index in [-0.39, 0.29) is 38.6 Å². The van der Waals surface area contributed by atoms with Crippen LogP contribution in [-0.4, -0.2) is 82.3 Å². The third-order valence-corrected chi connectivity index (χ3v) is 12.1. The fraction of sp³-hybridized carbons (Fsp3) is 0.698. The molecule has 0 aromatic heterocycles. The Kier molecular flexibility index (Phi) is 50.7. The quantitative estimate of drug-likeness (QED) is 0.0195. The van der Waals surface area contributed by atoms with Crippen molar-refractivity contribution < 1.29 is 42.9 Å². The molecule has 2 unspecified atom stereocenters. The zero-order chi connectivity index (χ0) is 52.7. The van der Waals surface area contributed by atoms with Gasteiger partial charge >= 0.3 is 11.9 Å². The predicted molar refractivity (Wildman–Crippen MR) is 301 cm³/mol. The van der Waals surface area contributed by atoms with Crippen molar-refractivity contribution in [1.29, 1.82) is 0 Å². The van der Waals surface area contributed by atoms with Gasteiger partial charge in [-0.2, -0.15) is 0 Å². The number of allylic oxidation sites excluding steroid dienone is 16. The summed E-state index contributed by atoms with van der Waals surface area (Å²) in [6, 6.07) is 0. The number of quaternary nitrogens is 1. The second-order valence-electron chi connectivity index (χ2n) is 20.2. The van der Waals surface area contributed by atoms with Crippen molar-refractivity contribution in [3.05, 3.63) is 97.2 Å². The van der Waals surface area contributed by atoms with Crippen molar-refractivity contribution in [2.75, 3.05) is 47.5 Å². The molecule has 0 saturated heterocycles. The van der Waals surface area contributed by atoms with Gasteiger partial charge < -0.3 is 33.3 Å². The monoisotopic (exact) mass is 1010 g/mol. The number of nitrogens with zero attached hydrogens (tertiary/aromatic N) is 1. The van der Waals surface area contributed by atoms with Gasteiger partial charge in [-0.05, 0) is 77.0 Å². The first-order chi connectivity index (χ1) is 35.1. The van der Waals surface area contributed by atoms with Crippen LogP contribution in [0.3, 0.4) is 0 Å². The number of carboxylic acids is 1. The number of carbonyl (C=O) groups excluding carboxylic acids is 3. The molecule has 0 amide bonds. The first-order valence-corrected chi connectivity index (χ1v) is 28.9. The van der Waals surface area contributed by atoms with E-state index >= 15 is 0 Å². The molecule has 0 fully saturated rings. The summed E-state index contributed by atoms with van der Waals surface area (Å²) in [5, 5.41) is 11.8. The average Bonchev–Trinajstić information content (AvgIpc) is 3.35. The van der Waals surface area contributed by atoms with Gasteiger partial charge in [-0.15, -0.1) is 0 Å². The van der Waals surface area contributed by atoms with E-state index in [1.165, 1.54) is 96.3 Å². The van der Waals surface area contributed by atoms with Gasteiger partial charge in [0.1, 0.15) is 13.2 Å². The maximum Gasteiger partial charge on any atom is 0.306 e. The molecule has 72 heavy (non-hydrogen) atoms. The number of hydrogen-bond donors (Lipinski definition) is 0. The number of carboxylic acid groups (broad SMARTS) is 1. The first kappa shape index (κ1) is 68.2. The summed E-state index contributed by atoms with van der Waals surface area (Å²) >= 11 is 0. The molecule has 0 saturated carbocycles. The smallest absolute Gasteiger partial charge is 0.306 e. The van der Waals surface area contributed by atoms with E-state index in [1.54, 1.807) is 0 Å². The predicted octanol–water partition coefficient (Wildman–Crippen LogP) is 15.6. The van der Waals surface area contributed by atoms with Gasteiger partial charge in [0.2, 0.25) is 0 Å². The first-order valence-electron chi connectivity index (χ1n) is 28.9. The lowest BCUT2D eigenvalue weighted by Crippen LogP contribution is -2.44. The van der Waals surface area contributed by atoms with E-state index in [9.17, 15) is 19.5 Å². The number of hydrogen-bond acceptors (Lipinski definition) is 8. The number of aliphatic carboxylic acids is 1. The topological polar surface area (TPSA) is 111 Å². The number of esters is 2. The van der Waals surface area contributed by atoms with Gasteiger partial charge in [0, 0.05) is 12.8 Å². The Labute approximate surface area is 442 Å². The van der Waals surface area contributed by atoms with Gasteiger partial charge in [-0.25, -0.2) is 0 Å². The molecule has 9 nitrogen and oxygen atoms in total. The minimum Gasteiger partial charge on any atom is -0.545 e. The summed E-state index contributed by atoms with van der Waals surface area (Å²) in [4.78, 5) is 37.2. The molecule has 0 bridgehead atoms. The summed E-state index contributed by atoms with van der Waals surface area (Å²) in [6.45, 7) is 4.62. The number of rotatable bonds is 52. The van der Waals surface area contributed by atoms with Crippen LogP contribution < -0.4 is 5.11 Å². The van der Waals surface area contributed by atoms with Crippen molar-refractivity contribution in [3.8, 4) is 0 Å². The zero-order valence-corrected chi connectivity index (χ0v) is 46.8. The van der Waals surface area contributed by atoms with Gasteiger partial charge in [-0.1, -0.05) is 233 Å². The van der Waals surface area contributed by atoms with Crippen LogP contribution in [0.25, 0.3) is 0 Å². The number of unbranched alkanes of at least 4 members (excludes halogenated alkanes) is 21. The second kappa shape index (κ2) is 53.5. The summed E-state index contributed by atoms with van der Waals surface area (Å²) < 4.78 is 22.7. The highest BCUT2D eigenvalue weighted by Gasteiger charge is 2.22. The molecule has 0 aliphatic rings. The van der Waals surface area contributed by atoms with Crippen LogP contribution in [0, 0.1) is 0 Å². The van der Waals surface area contributed by atoms with E-state index in [2.05, 4.69) is 111 Å². The molecule has 2 atom stereocenters. The summed E-state index contributed by atoms with van der Waals surface area (Å²) in [6.07, 6.45) is 68.8. The van der Waals surface area contributed by atoms with Gasteiger partial charge in [-0.3, -0.25) is 9.59 Å². The highest BCUT2D eigenvalue weighted by Crippen LogP contribution is 2.15. The van der Waals surface area contributed by atoms with Gasteiger partial charge in [0.15, 0.2) is 12.4 Å². The normalized spacial score (nSPS) is 13.5. The highest BCUT2D eigenvalue weighted by atomic mass is 16.7. The van der Waals surface area contributed by atoms with Crippen molar-refractivity contribution in [3.63, 3.8) is 0 Å². The maximum atomic E-state index is 12.8. The molecule has 0 spiro atoms. The Morgan fingerprint density at radius 2 is 0.792 bits per heavy atom. The minimum absolute atomic E-state index is 0.143. The van der Waals surface area contributed by atoms with E-state index in [4.69, 9.17) is 18.9 Å². The summed E-state index contributed by atoms with van der Waals surface area (Å²) in [5.41, 5.74) is 0. The number of likely N-dealkylation sites (N-methyl/N-ethyl adjacent to an activating group) is 1. The van der Waals surface area contributed by atoms with Crippen molar-refractivity contribution >= 4 is 17.9 Å². The van der Waals surface area contributed by atoms with Crippen LogP contribution >= 0.6 is 0 Å². The lowest BCUT2D eigenvalue weighted by atomic mass is 10.0. The lowest BCUT2D eigenvalue weighted by Gasteiger charge is -2.26.